The molecule has 132 valence electrons. The molecule has 0 aliphatic heterocycles. The van der Waals surface area contributed by atoms with Crippen LogP contribution < -0.4 is 5.56 Å². The van der Waals surface area contributed by atoms with Gasteiger partial charge in [0.25, 0.3) is 5.56 Å². The predicted molar refractivity (Wildman–Crippen MR) is 95.3 cm³/mol. The van der Waals surface area contributed by atoms with Gasteiger partial charge in [-0.1, -0.05) is 23.9 Å². The van der Waals surface area contributed by atoms with Crippen LogP contribution in [-0.2, 0) is 17.5 Å². The quantitative estimate of drug-likeness (QED) is 0.402. The number of hydrogen-bond donors (Lipinski definition) is 0. The molecule has 0 aliphatic carbocycles. The van der Waals surface area contributed by atoms with Crippen molar-refractivity contribution in [3.8, 4) is 0 Å². The molecule has 26 heavy (non-hydrogen) atoms. The SMILES string of the molecule is COC(=O)c1occc1CSc1nnc2n(C)c(=O)c3ccccc3n12. The molecule has 8 nitrogen and oxygen atoms in total. The van der Waals surface area contributed by atoms with Crippen LogP contribution in [0.1, 0.15) is 16.1 Å². The van der Waals surface area contributed by atoms with Gasteiger partial charge in [-0.05, 0) is 18.2 Å². The molecule has 0 fully saturated rings. The summed E-state index contributed by atoms with van der Waals surface area (Å²) in [5.41, 5.74) is 1.31. The topological polar surface area (TPSA) is 91.6 Å². The lowest BCUT2D eigenvalue weighted by Gasteiger charge is -2.07. The first-order valence-electron chi connectivity index (χ1n) is 7.72. The van der Waals surface area contributed by atoms with Crippen molar-refractivity contribution in [2.24, 2.45) is 7.05 Å². The molecule has 0 saturated carbocycles. The largest absolute Gasteiger partial charge is 0.463 e. The number of benzene rings is 1. The average Bonchev–Trinajstić information content (AvgIpc) is 3.30. The third-order valence-electron chi connectivity index (χ3n) is 4.07. The number of hydrogen-bond acceptors (Lipinski definition) is 7. The van der Waals surface area contributed by atoms with Crippen molar-refractivity contribution in [3.05, 3.63) is 58.3 Å². The Hall–Kier alpha value is -3.07. The van der Waals surface area contributed by atoms with Crippen molar-refractivity contribution >= 4 is 34.4 Å². The van der Waals surface area contributed by atoms with E-state index in [1.54, 1.807) is 19.2 Å². The second-order valence-corrected chi connectivity index (χ2v) is 6.50. The van der Waals surface area contributed by atoms with Crippen molar-refractivity contribution in [3.63, 3.8) is 0 Å². The van der Waals surface area contributed by atoms with Crippen molar-refractivity contribution < 1.29 is 13.9 Å². The fourth-order valence-corrected chi connectivity index (χ4v) is 3.69. The zero-order chi connectivity index (χ0) is 18.3. The maximum Gasteiger partial charge on any atom is 0.374 e. The number of furan rings is 1. The minimum atomic E-state index is -0.524. The highest BCUT2D eigenvalue weighted by Crippen LogP contribution is 2.26. The summed E-state index contributed by atoms with van der Waals surface area (Å²) in [7, 11) is 2.97. The normalized spacial score (nSPS) is 11.3. The lowest BCUT2D eigenvalue weighted by molar-refractivity contribution is 0.0564. The molecule has 0 unspecified atom stereocenters. The van der Waals surface area contributed by atoms with Gasteiger partial charge >= 0.3 is 5.97 Å². The molecule has 3 aromatic heterocycles. The minimum Gasteiger partial charge on any atom is -0.463 e. The number of carbonyl (C=O) groups excluding carboxylic acids is 1. The monoisotopic (exact) mass is 370 g/mol. The molecule has 0 N–H and O–H groups in total. The maximum atomic E-state index is 12.5. The van der Waals surface area contributed by atoms with Gasteiger partial charge in [-0.2, -0.15) is 0 Å². The van der Waals surface area contributed by atoms with Gasteiger partial charge in [-0.15, -0.1) is 10.2 Å². The molecule has 3 heterocycles. The number of methoxy groups -OCH3 is 1. The van der Waals surface area contributed by atoms with Gasteiger partial charge in [0.05, 0.1) is 24.3 Å². The molecule has 0 atom stereocenters. The minimum absolute atomic E-state index is 0.125. The van der Waals surface area contributed by atoms with Crippen molar-refractivity contribution in [1.82, 2.24) is 19.2 Å². The van der Waals surface area contributed by atoms with Gasteiger partial charge in [0.15, 0.2) is 5.16 Å². The van der Waals surface area contributed by atoms with Crippen molar-refractivity contribution in [2.45, 2.75) is 10.9 Å². The lowest BCUT2D eigenvalue weighted by atomic mass is 10.2. The lowest BCUT2D eigenvalue weighted by Crippen LogP contribution is -2.20. The summed E-state index contributed by atoms with van der Waals surface area (Å²) in [6.07, 6.45) is 1.45. The van der Waals surface area contributed by atoms with E-state index in [0.717, 1.165) is 5.52 Å². The zero-order valence-corrected chi connectivity index (χ0v) is 14.8. The smallest absolute Gasteiger partial charge is 0.374 e. The summed E-state index contributed by atoms with van der Waals surface area (Å²) in [4.78, 5) is 24.2. The molecule has 4 aromatic rings. The van der Waals surface area contributed by atoms with Gasteiger partial charge < -0.3 is 9.15 Å². The number of esters is 1. The van der Waals surface area contributed by atoms with Crippen LogP contribution in [0.3, 0.4) is 0 Å². The zero-order valence-electron chi connectivity index (χ0n) is 14.0. The van der Waals surface area contributed by atoms with Crippen LogP contribution in [0.15, 0.2) is 51.0 Å². The highest BCUT2D eigenvalue weighted by atomic mass is 32.2. The number of ether oxygens (including phenoxy) is 1. The molecule has 0 amide bonds. The molecule has 0 radical (unpaired) electrons. The summed E-state index contributed by atoms with van der Waals surface area (Å²) >= 11 is 1.39. The van der Waals surface area contributed by atoms with Gasteiger partial charge in [-0.3, -0.25) is 13.8 Å². The predicted octanol–water partition coefficient (Wildman–Crippen LogP) is 2.25. The Morgan fingerprint density at radius 1 is 1.27 bits per heavy atom. The fourth-order valence-electron chi connectivity index (χ4n) is 2.77. The summed E-state index contributed by atoms with van der Waals surface area (Å²) in [5, 5.41) is 9.55. The van der Waals surface area contributed by atoms with E-state index in [0.29, 0.717) is 27.6 Å². The number of aryl methyl sites for hydroxylation is 1. The molecular formula is C17H14N4O4S. The van der Waals surface area contributed by atoms with Crippen LogP contribution in [0.2, 0.25) is 0 Å². The Morgan fingerprint density at radius 3 is 2.88 bits per heavy atom. The van der Waals surface area contributed by atoms with E-state index in [2.05, 4.69) is 10.2 Å². The first-order chi connectivity index (χ1) is 12.6. The molecule has 0 aliphatic rings. The standard InChI is InChI=1S/C17H14N4O4S/c1-20-14(22)11-5-3-4-6-12(11)21-16(20)18-19-17(21)26-9-10-7-8-25-13(10)15(23)24-2/h3-8H,9H2,1-2H3. The Morgan fingerprint density at radius 2 is 2.08 bits per heavy atom. The first-order valence-corrected chi connectivity index (χ1v) is 8.70. The molecule has 1 aromatic carbocycles. The number of carbonyl (C=O) groups is 1. The highest BCUT2D eigenvalue weighted by Gasteiger charge is 2.18. The number of thioether (sulfide) groups is 1. The third-order valence-corrected chi connectivity index (χ3v) is 5.05. The van der Waals surface area contributed by atoms with Crippen LogP contribution >= 0.6 is 11.8 Å². The van der Waals surface area contributed by atoms with Crippen molar-refractivity contribution in [1.29, 1.82) is 0 Å². The van der Waals surface area contributed by atoms with Crippen molar-refractivity contribution in [2.75, 3.05) is 7.11 Å². The van der Waals surface area contributed by atoms with E-state index < -0.39 is 5.97 Å². The number of aromatic nitrogens is 4. The van der Waals surface area contributed by atoms with Gasteiger partial charge in [-0.25, -0.2) is 4.79 Å². The summed E-state index contributed by atoms with van der Waals surface area (Å²) in [6, 6.07) is 9.03. The summed E-state index contributed by atoms with van der Waals surface area (Å²) in [5.74, 6) is 0.547. The number of nitrogens with zero attached hydrogens (tertiary/aromatic N) is 4. The highest BCUT2D eigenvalue weighted by molar-refractivity contribution is 7.98. The molecular weight excluding hydrogens is 356 g/mol. The Bertz CT molecular complexity index is 1190. The number of rotatable bonds is 4. The van der Waals surface area contributed by atoms with Crippen LogP contribution in [0.5, 0.6) is 0 Å². The number of para-hydroxylation sites is 1. The van der Waals surface area contributed by atoms with Gasteiger partial charge in [0.2, 0.25) is 11.5 Å². The second-order valence-electron chi connectivity index (χ2n) is 5.55. The average molecular weight is 370 g/mol. The van der Waals surface area contributed by atoms with E-state index in [4.69, 9.17) is 9.15 Å². The van der Waals surface area contributed by atoms with E-state index >= 15 is 0 Å². The Labute approximate surface area is 151 Å². The third kappa shape index (κ3) is 2.48. The van der Waals surface area contributed by atoms with E-state index in [9.17, 15) is 9.59 Å². The van der Waals surface area contributed by atoms with Gasteiger partial charge in [0.1, 0.15) is 0 Å². The fraction of sp³-hybridized carbons (Fsp3) is 0.176. The van der Waals surface area contributed by atoms with Crippen LogP contribution in [0, 0.1) is 0 Å². The Balaban J connectivity index is 1.78. The molecule has 4 rings (SSSR count). The van der Waals surface area contributed by atoms with E-state index in [1.807, 2.05) is 22.6 Å². The maximum absolute atomic E-state index is 12.5. The van der Waals surface area contributed by atoms with Gasteiger partial charge in [0, 0.05) is 18.4 Å². The van der Waals surface area contributed by atoms with Crippen LogP contribution in [0.4, 0.5) is 0 Å². The summed E-state index contributed by atoms with van der Waals surface area (Å²) in [6.45, 7) is 0. The molecule has 0 spiro atoms. The van der Waals surface area contributed by atoms with Crippen LogP contribution in [-0.4, -0.2) is 32.2 Å². The molecule has 9 heteroatoms. The molecule has 0 saturated heterocycles. The second kappa shape index (κ2) is 6.34. The first kappa shape index (κ1) is 16.4. The van der Waals surface area contributed by atoms with E-state index in [1.165, 1.54) is 29.7 Å². The van der Waals surface area contributed by atoms with E-state index in [-0.39, 0.29) is 11.3 Å². The van der Waals surface area contributed by atoms with Crippen LogP contribution in [0.25, 0.3) is 16.7 Å². The summed E-state index contributed by atoms with van der Waals surface area (Å²) < 4.78 is 13.2. The Kier molecular flexibility index (Phi) is 4.00. The molecule has 0 bridgehead atoms. The number of fused-ring (bicyclic) bond motifs is 3.